The summed E-state index contributed by atoms with van der Waals surface area (Å²) >= 11 is 0. The molecule has 6 heteroatoms. The quantitative estimate of drug-likeness (QED) is 0.420. The maximum Gasteiger partial charge on any atom is 0.316 e. The van der Waals surface area contributed by atoms with E-state index in [4.69, 9.17) is 4.74 Å². The minimum atomic E-state index is -0.882. The molecule has 1 heterocycles. The average molecular weight is 224 g/mol. The number of ether oxygens (including phenoxy) is 2. The van der Waals surface area contributed by atoms with E-state index in [0.29, 0.717) is 5.88 Å². The molecular weight excluding hydrogens is 212 g/mol. The highest BCUT2D eigenvalue weighted by Crippen LogP contribution is 2.10. The topological polar surface area (TPSA) is 78.4 Å². The predicted octanol–water partition coefficient (Wildman–Crippen LogP) is 0.477. The van der Waals surface area contributed by atoms with Crippen LogP contribution in [0.15, 0.2) is 12.1 Å². The molecule has 0 aliphatic heterocycles. The fourth-order valence-corrected chi connectivity index (χ4v) is 1.07. The average Bonchev–Trinajstić information content (AvgIpc) is 2.36. The number of esters is 1. The zero-order chi connectivity index (χ0) is 12.1. The number of methoxy groups -OCH3 is 2. The molecule has 0 aliphatic carbocycles. The standard InChI is InChI=1S/C10H12N2O4/c1-6(10(14)16-3)9(13)7-4-5-8(15-2)12-11-7/h4-6H,1-3H3. The summed E-state index contributed by atoms with van der Waals surface area (Å²) in [5, 5.41) is 7.30. The molecule has 0 aromatic carbocycles. The molecule has 1 unspecified atom stereocenters. The van der Waals surface area contributed by atoms with Crippen LogP contribution in [-0.2, 0) is 9.53 Å². The lowest BCUT2D eigenvalue weighted by Gasteiger charge is -2.06. The third kappa shape index (κ3) is 2.53. The van der Waals surface area contributed by atoms with Crippen molar-refractivity contribution in [2.45, 2.75) is 6.92 Å². The highest BCUT2D eigenvalue weighted by molar-refractivity contribution is 6.07. The molecule has 0 amide bonds. The van der Waals surface area contributed by atoms with Crippen molar-refractivity contribution < 1.29 is 19.1 Å². The summed E-state index contributed by atoms with van der Waals surface area (Å²) in [5.74, 6) is -1.60. The monoisotopic (exact) mass is 224 g/mol. The van der Waals surface area contributed by atoms with Gasteiger partial charge in [-0.15, -0.1) is 10.2 Å². The van der Waals surface area contributed by atoms with Crippen molar-refractivity contribution in [3.05, 3.63) is 17.8 Å². The summed E-state index contributed by atoms with van der Waals surface area (Å²) in [5.41, 5.74) is 0.110. The Bertz CT molecular complexity index is 388. The zero-order valence-corrected chi connectivity index (χ0v) is 9.26. The number of hydrogen-bond acceptors (Lipinski definition) is 6. The highest BCUT2D eigenvalue weighted by atomic mass is 16.5. The Morgan fingerprint density at radius 1 is 1.25 bits per heavy atom. The molecule has 0 N–H and O–H groups in total. The summed E-state index contributed by atoms with van der Waals surface area (Å²) < 4.78 is 9.27. The van der Waals surface area contributed by atoms with E-state index < -0.39 is 17.7 Å². The largest absolute Gasteiger partial charge is 0.480 e. The molecule has 1 aromatic rings. The molecule has 6 nitrogen and oxygen atoms in total. The molecule has 0 saturated carbocycles. The number of carbonyl (C=O) groups is 2. The van der Waals surface area contributed by atoms with Gasteiger partial charge in [-0.3, -0.25) is 9.59 Å². The third-order valence-electron chi connectivity index (χ3n) is 2.05. The first-order valence-electron chi connectivity index (χ1n) is 4.60. The normalized spacial score (nSPS) is 11.7. The number of nitrogens with zero attached hydrogens (tertiary/aromatic N) is 2. The predicted molar refractivity (Wildman–Crippen MR) is 54.1 cm³/mol. The van der Waals surface area contributed by atoms with Crippen molar-refractivity contribution in [1.82, 2.24) is 10.2 Å². The molecule has 1 atom stereocenters. The summed E-state index contributed by atoms with van der Waals surface area (Å²) in [7, 11) is 2.67. The number of rotatable bonds is 4. The third-order valence-corrected chi connectivity index (χ3v) is 2.05. The molecule has 0 saturated heterocycles. The lowest BCUT2D eigenvalue weighted by Crippen LogP contribution is -2.23. The fraction of sp³-hybridized carbons (Fsp3) is 0.400. The first-order chi connectivity index (χ1) is 7.60. The van der Waals surface area contributed by atoms with E-state index in [9.17, 15) is 9.59 Å². The van der Waals surface area contributed by atoms with Crippen LogP contribution in [0.25, 0.3) is 0 Å². The van der Waals surface area contributed by atoms with E-state index in [0.717, 1.165) is 0 Å². The smallest absolute Gasteiger partial charge is 0.316 e. The first kappa shape index (κ1) is 12.1. The van der Waals surface area contributed by atoms with Crippen LogP contribution in [0.1, 0.15) is 17.4 Å². The SMILES string of the molecule is COC(=O)C(C)C(=O)c1ccc(OC)nn1. The van der Waals surface area contributed by atoms with E-state index in [1.165, 1.54) is 33.3 Å². The van der Waals surface area contributed by atoms with Crippen LogP contribution in [0.2, 0.25) is 0 Å². The molecule has 16 heavy (non-hydrogen) atoms. The van der Waals surface area contributed by atoms with E-state index >= 15 is 0 Å². The van der Waals surface area contributed by atoms with Gasteiger partial charge in [-0.2, -0.15) is 0 Å². The molecular formula is C10H12N2O4. The van der Waals surface area contributed by atoms with Gasteiger partial charge in [-0.1, -0.05) is 0 Å². The second-order valence-corrected chi connectivity index (χ2v) is 3.07. The van der Waals surface area contributed by atoms with Crippen molar-refractivity contribution in [3.63, 3.8) is 0 Å². The Balaban J connectivity index is 2.84. The number of carbonyl (C=O) groups excluding carboxylic acids is 2. The molecule has 1 rings (SSSR count). The Labute approximate surface area is 92.6 Å². The zero-order valence-electron chi connectivity index (χ0n) is 9.26. The van der Waals surface area contributed by atoms with Gasteiger partial charge in [0.05, 0.1) is 14.2 Å². The maximum absolute atomic E-state index is 11.7. The van der Waals surface area contributed by atoms with Gasteiger partial charge >= 0.3 is 5.97 Å². The van der Waals surface area contributed by atoms with Crippen LogP contribution in [0, 0.1) is 5.92 Å². The van der Waals surface area contributed by atoms with E-state index in [2.05, 4.69) is 14.9 Å². The molecule has 0 fully saturated rings. The van der Waals surface area contributed by atoms with Gasteiger partial charge in [0.1, 0.15) is 11.6 Å². The van der Waals surface area contributed by atoms with Gasteiger partial charge < -0.3 is 9.47 Å². The molecule has 1 aromatic heterocycles. The van der Waals surface area contributed by atoms with E-state index in [-0.39, 0.29) is 5.69 Å². The summed E-state index contributed by atoms with van der Waals surface area (Å²) in [6.07, 6.45) is 0. The fourth-order valence-electron chi connectivity index (χ4n) is 1.07. The minimum absolute atomic E-state index is 0.110. The summed E-state index contributed by atoms with van der Waals surface area (Å²) in [6.45, 7) is 1.46. The molecule has 86 valence electrons. The van der Waals surface area contributed by atoms with Crippen molar-refractivity contribution >= 4 is 11.8 Å². The van der Waals surface area contributed by atoms with Gasteiger partial charge in [0.25, 0.3) is 0 Å². The number of Topliss-reactive ketones (excluding diaryl/α,β-unsaturated/α-hetero) is 1. The highest BCUT2D eigenvalue weighted by Gasteiger charge is 2.24. The number of aromatic nitrogens is 2. The summed E-state index contributed by atoms with van der Waals surface area (Å²) in [6, 6.07) is 2.96. The Morgan fingerprint density at radius 2 is 1.94 bits per heavy atom. The molecule has 0 radical (unpaired) electrons. The van der Waals surface area contributed by atoms with Crippen LogP contribution in [0.4, 0.5) is 0 Å². The van der Waals surface area contributed by atoms with Crippen LogP contribution in [-0.4, -0.2) is 36.2 Å². The molecule has 0 spiro atoms. The van der Waals surface area contributed by atoms with Crippen LogP contribution in [0.5, 0.6) is 5.88 Å². The second kappa shape index (κ2) is 5.20. The van der Waals surface area contributed by atoms with Crippen molar-refractivity contribution in [2.75, 3.05) is 14.2 Å². The lowest BCUT2D eigenvalue weighted by atomic mass is 10.0. The van der Waals surface area contributed by atoms with E-state index in [1.54, 1.807) is 0 Å². The van der Waals surface area contributed by atoms with Crippen molar-refractivity contribution in [2.24, 2.45) is 5.92 Å². The Hall–Kier alpha value is -1.98. The van der Waals surface area contributed by atoms with Gasteiger partial charge in [0.15, 0.2) is 5.78 Å². The summed E-state index contributed by atoms with van der Waals surface area (Å²) in [4.78, 5) is 22.8. The minimum Gasteiger partial charge on any atom is -0.480 e. The van der Waals surface area contributed by atoms with Crippen molar-refractivity contribution in [3.8, 4) is 5.88 Å². The van der Waals surface area contributed by atoms with Gasteiger partial charge in [0.2, 0.25) is 5.88 Å². The van der Waals surface area contributed by atoms with E-state index in [1.807, 2.05) is 0 Å². The maximum atomic E-state index is 11.7. The Kier molecular flexibility index (Phi) is 3.93. The first-order valence-corrected chi connectivity index (χ1v) is 4.60. The van der Waals surface area contributed by atoms with Crippen LogP contribution in [0.3, 0.4) is 0 Å². The van der Waals surface area contributed by atoms with Gasteiger partial charge in [0, 0.05) is 6.07 Å². The molecule has 0 aliphatic rings. The Morgan fingerprint density at radius 3 is 2.38 bits per heavy atom. The van der Waals surface area contributed by atoms with Crippen LogP contribution >= 0.6 is 0 Å². The van der Waals surface area contributed by atoms with Gasteiger partial charge in [-0.05, 0) is 13.0 Å². The van der Waals surface area contributed by atoms with Gasteiger partial charge in [-0.25, -0.2) is 0 Å². The lowest BCUT2D eigenvalue weighted by molar-refractivity contribution is -0.143. The number of hydrogen-bond donors (Lipinski definition) is 0. The number of ketones is 1. The van der Waals surface area contributed by atoms with Crippen molar-refractivity contribution in [1.29, 1.82) is 0 Å². The second-order valence-electron chi connectivity index (χ2n) is 3.07. The van der Waals surface area contributed by atoms with Crippen LogP contribution < -0.4 is 4.74 Å². The molecule has 0 bridgehead atoms.